The van der Waals surface area contributed by atoms with Crippen molar-refractivity contribution in [2.75, 3.05) is 11.1 Å². The van der Waals surface area contributed by atoms with Gasteiger partial charge in [-0.2, -0.15) is 5.10 Å². The number of aryl methyl sites for hydroxylation is 2. The Morgan fingerprint density at radius 1 is 1.33 bits per heavy atom. The topological polar surface area (TPSA) is 29.9 Å². The molecule has 0 spiro atoms. The Hall–Kier alpha value is -1.42. The highest BCUT2D eigenvalue weighted by molar-refractivity contribution is 7.99. The van der Waals surface area contributed by atoms with Crippen LogP contribution in [0, 0.1) is 6.92 Å². The number of para-hydroxylation sites is 1. The molecule has 3 nitrogen and oxygen atoms in total. The molecular formula is C14H19N3S. The maximum atomic E-state index is 4.35. The highest BCUT2D eigenvalue weighted by atomic mass is 32.2. The summed E-state index contributed by atoms with van der Waals surface area (Å²) in [5, 5.41) is 7.85. The third kappa shape index (κ3) is 3.07. The standard InChI is InChI=1S/C14H19N3S/c1-4-18-14-8-6-5-7-13(14)15-9-12-10-17(3)16-11(12)2/h5-8,10,15H,4,9H2,1-3H3. The Bertz CT molecular complexity index is 520. The summed E-state index contributed by atoms with van der Waals surface area (Å²) in [5.41, 5.74) is 3.53. The first-order valence-electron chi connectivity index (χ1n) is 6.15. The average Bonchev–Trinajstić information content (AvgIpc) is 2.67. The molecule has 0 amide bonds. The molecule has 18 heavy (non-hydrogen) atoms. The lowest BCUT2D eigenvalue weighted by Crippen LogP contribution is -2.01. The fraction of sp³-hybridized carbons (Fsp3) is 0.357. The lowest BCUT2D eigenvalue weighted by atomic mass is 10.2. The SMILES string of the molecule is CCSc1ccccc1NCc1cn(C)nc1C. The van der Waals surface area contributed by atoms with Gasteiger partial charge in [-0.15, -0.1) is 11.8 Å². The maximum absolute atomic E-state index is 4.35. The summed E-state index contributed by atoms with van der Waals surface area (Å²) in [4.78, 5) is 1.31. The summed E-state index contributed by atoms with van der Waals surface area (Å²) in [6.07, 6.45) is 2.07. The second kappa shape index (κ2) is 5.96. The van der Waals surface area contributed by atoms with E-state index >= 15 is 0 Å². The van der Waals surface area contributed by atoms with Crippen LogP contribution in [-0.2, 0) is 13.6 Å². The predicted molar refractivity (Wildman–Crippen MR) is 78.1 cm³/mol. The normalized spacial score (nSPS) is 10.6. The smallest absolute Gasteiger partial charge is 0.0643 e. The minimum absolute atomic E-state index is 0.820. The van der Waals surface area contributed by atoms with E-state index in [0.717, 1.165) is 18.0 Å². The average molecular weight is 261 g/mol. The van der Waals surface area contributed by atoms with Gasteiger partial charge < -0.3 is 5.32 Å². The van der Waals surface area contributed by atoms with Gasteiger partial charge in [0.05, 0.1) is 5.69 Å². The van der Waals surface area contributed by atoms with Crippen LogP contribution in [0.15, 0.2) is 35.4 Å². The molecule has 2 aromatic rings. The van der Waals surface area contributed by atoms with Crippen molar-refractivity contribution in [1.82, 2.24) is 9.78 Å². The third-order valence-electron chi connectivity index (χ3n) is 2.77. The zero-order chi connectivity index (χ0) is 13.0. The second-order valence-corrected chi connectivity index (χ2v) is 5.50. The Morgan fingerprint density at radius 2 is 2.11 bits per heavy atom. The van der Waals surface area contributed by atoms with E-state index in [4.69, 9.17) is 0 Å². The molecule has 0 unspecified atom stereocenters. The van der Waals surface area contributed by atoms with Gasteiger partial charge in [-0.25, -0.2) is 0 Å². The zero-order valence-corrected chi connectivity index (χ0v) is 11.9. The quantitative estimate of drug-likeness (QED) is 0.836. The number of rotatable bonds is 5. The van der Waals surface area contributed by atoms with E-state index in [2.05, 4.69) is 47.8 Å². The Balaban J connectivity index is 2.08. The van der Waals surface area contributed by atoms with Crippen LogP contribution in [0.5, 0.6) is 0 Å². The Kier molecular flexibility index (Phi) is 4.31. The molecule has 0 aliphatic heterocycles. The summed E-state index contributed by atoms with van der Waals surface area (Å²) >= 11 is 1.86. The number of benzene rings is 1. The molecule has 0 radical (unpaired) electrons. The van der Waals surface area contributed by atoms with Gasteiger partial charge in [0.25, 0.3) is 0 Å². The summed E-state index contributed by atoms with van der Waals surface area (Å²) in [7, 11) is 1.96. The molecule has 0 aliphatic rings. The van der Waals surface area contributed by atoms with Crippen LogP contribution in [-0.4, -0.2) is 15.5 Å². The molecule has 2 rings (SSSR count). The van der Waals surface area contributed by atoms with Crippen molar-refractivity contribution in [3.05, 3.63) is 41.7 Å². The molecule has 0 aliphatic carbocycles. The summed E-state index contributed by atoms with van der Waals surface area (Å²) in [6, 6.07) is 8.44. The van der Waals surface area contributed by atoms with Gasteiger partial charge in [-0.05, 0) is 24.8 Å². The molecule has 4 heteroatoms. The Labute approximate surface area is 113 Å². The largest absolute Gasteiger partial charge is 0.380 e. The van der Waals surface area contributed by atoms with Gasteiger partial charge in [0.15, 0.2) is 0 Å². The Morgan fingerprint density at radius 3 is 2.78 bits per heavy atom. The van der Waals surface area contributed by atoms with Crippen LogP contribution in [0.25, 0.3) is 0 Å². The first-order chi connectivity index (χ1) is 8.70. The van der Waals surface area contributed by atoms with Crippen LogP contribution >= 0.6 is 11.8 Å². The third-order valence-corrected chi connectivity index (χ3v) is 3.73. The highest BCUT2D eigenvalue weighted by Crippen LogP contribution is 2.27. The van der Waals surface area contributed by atoms with Crippen molar-refractivity contribution in [2.24, 2.45) is 7.05 Å². The number of hydrogen-bond acceptors (Lipinski definition) is 3. The molecular weight excluding hydrogens is 242 g/mol. The summed E-state index contributed by atoms with van der Waals surface area (Å²) in [6.45, 7) is 5.04. The lowest BCUT2D eigenvalue weighted by Gasteiger charge is -2.10. The first-order valence-corrected chi connectivity index (χ1v) is 7.14. The molecule has 1 aromatic heterocycles. The van der Waals surface area contributed by atoms with Gasteiger partial charge in [0, 0.05) is 35.9 Å². The predicted octanol–water partition coefficient (Wildman–Crippen LogP) is 3.45. The van der Waals surface area contributed by atoms with Gasteiger partial charge in [-0.3, -0.25) is 4.68 Å². The van der Waals surface area contributed by atoms with E-state index in [1.807, 2.05) is 30.4 Å². The number of anilines is 1. The number of thioether (sulfide) groups is 1. The molecule has 1 heterocycles. The summed E-state index contributed by atoms with van der Waals surface area (Å²) < 4.78 is 1.86. The molecule has 0 atom stereocenters. The fourth-order valence-electron chi connectivity index (χ4n) is 1.91. The van der Waals surface area contributed by atoms with Crippen molar-refractivity contribution in [1.29, 1.82) is 0 Å². The van der Waals surface area contributed by atoms with E-state index in [-0.39, 0.29) is 0 Å². The van der Waals surface area contributed by atoms with Gasteiger partial charge >= 0.3 is 0 Å². The number of hydrogen-bond donors (Lipinski definition) is 1. The molecule has 96 valence electrons. The number of nitrogens with zero attached hydrogens (tertiary/aromatic N) is 2. The summed E-state index contributed by atoms with van der Waals surface area (Å²) in [5.74, 6) is 1.09. The van der Waals surface area contributed by atoms with Crippen molar-refractivity contribution >= 4 is 17.4 Å². The van der Waals surface area contributed by atoms with E-state index in [1.165, 1.54) is 16.1 Å². The molecule has 0 fully saturated rings. The van der Waals surface area contributed by atoms with Crippen LogP contribution in [0.1, 0.15) is 18.2 Å². The molecule has 0 bridgehead atoms. The minimum atomic E-state index is 0.820. The van der Waals surface area contributed by atoms with E-state index in [9.17, 15) is 0 Å². The van der Waals surface area contributed by atoms with Crippen LogP contribution < -0.4 is 5.32 Å². The minimum Gasteiger partial charge on any atom is -0.380 e. The van der Waals surface area contributed by atoms with Gasteiger partial charge in [0.2, 0.25) is 0 Å². The van der Waals surface area contributed by atoms with E-state index in [1.54, 1.807) is 0 Å². The number of aromatic nitrogens is 2. The van der Waals surface area contributed by atoms with E-state index in [0.29, 0.717) is 0 Å². The van der Waals surface area contributed by atoms with Gasteiger partial charge in [0.1, 0.15) is 0 Å². The fourth-order valence-corrected chi connectivity index (χ4v) is 2.69. The number of nitrogens with one attached hydrogen (secondary N) is 1. The van der Waals surface area contributed by atoms with Crippen LogP contribution in [0.2, 0.25) is 0 Å². The maximum Gasteiger partial charge on any atom is 0.0643 e. The van der Waals surface area contributed by atoms with Crippen LogP contribution in [0.3, 0.4) is 0 Å². The first kappa shape index (κ1) is 13.0. The van der Waals surface area contributed by atoms with Crippen molar-refractivity contribution in [3.8, 4) is 0 Å². The van der Waals surface area contributed by atoms with Crippen molar-refractivity contribution < 1.29 is 0 Å². The van der Waals surface area contributed by atoms with Crippen molar-refractivity contribution in [3.63, 3.8) is 0 Å². The monoisotopic (exact) mass is 261 g/mol. The van der Waals surface area contributed by atoms with Gasteiger partial charge in [-0.1, -0.05) is 19.1 Å². The van der Waals surface area contributed by atoms with Crippen molar-refractivity contribution in [2.45, 2.75) is 25.3 Å². The lowest BCUT2D eigenvalue weighted by molar-refractivity contribution is 0.756. The van der Waals surface area contributed by atoms with Crippen LogP contribution in [0.4, 0.5) is 5.69 Å². The molecule has 0 saturated heterocycles. The molecule has 1 N–H and O–H groups in total. The zero-order valence-electron chi connectivity index (χ0n) is 11.1. The van der Waals surface area contributed by atoms with E-state index < -0.39 is 0 Å². The molecule has 1 aromatic carbocycles. The highest BCUT2D eigenvalue weighted by Gasteiger charge is 2.05. The second-order valence-electron chi connectivity index (χ2n) is 4.20. The molecule has 0 saturated carbocycles.